The second kappa shape index (κ2) is 6.08. The van der Waals surface area contributed by atoms with E-state index in [1.807, 2.05) is 12.3 Å². The molecule has 0 bridgehead atoms. The van der Waals surface area contributed by atoms with Crippen molar-refractivity contribution in [3.8, 4) is 0 Å². The SMILES string of the molecule is C=C\C=N/C1=C/C=N\C/C=C(/C)CC1. The van der Waals surface area contributed by atoms with Gasteiger partial charge in [-0.1, -0.05) is 24.3 Å². The molecule has 1 aliphatic rings. The zero-order valence-corrected chi connectivity index (χ0v) is 8.61. The molecule has 0 aromatic carbocycles. The van der Waals surface area contributed by atoms with E-state index in [0.29, 0.717) is 0 Å². The minimum atomic E-state index is 0.779. The molecule has 2 heteroatoms. The highest BCUT2D eigenvalue weighted by Crippen LogP contribution is 2.12. The van der Waals surface area contributed by atoms with Crippen molar-refractivity contribution in [1.29, 1.82) is 0 Å². The Kier molecular flexibility index (Phi) is 4.62. The predicted molar refractivity (Wildman–Crippen MR) is 63.1 cm³/mol. The van der Waals surface area contributed by atoms with Crippen molar-refractivity contribution in [2.24, 2.45) is 9.98 Å². The van der Waals surface area contributed by atoms with Crippen molar-refractivity contribution < 1.29 is 0 Å². The first-order valence-corrected chi connectivity index (χ1v) is 4.82. The third-order valence-electron chi connectivity index (χ3n) is 2.04. The Morgan fingerprint density at radius 3 is 3.14 bits per heavy atom. The topological polar surface area (TPSA) is 24.7 Å². The Morgan fingerprint density at radius 2 is 2.36 bits per heavy atom. The molecule has 14 heavy (non-hydrogen) atoms. The van der Waals surface area contributed by atoms with Crippen LogP contribution in [0.5, 0.6) is 0 Å². The minimum Gasteiger partial charge on any atom is -0.289 e. The summed E-state index contributed by atoms with van der Waals surface area (Å²) in [6, 6.07) is 0. The molecule has 74 valence electrons. The van der Waals surface area contributed by atoms with Crippen molar-refractivity contribution in [2.75, 3.05) is 6.54 Å². The van der Waals surface area contributed by atoms with Crippen molar-refractivity contribution in [2.45, 2.75) is 19.8 Å². The van der Waals surface area contributed by atoms with E-state index < -0.39 is 0 Å². The van der Waals surface area contributed by atoms with Crippen LogP contribution < -0.4 is 0 Å². The summed E-state index contributed by atoms with van der Waals surface area (Å²) < 4.78 is 0. The van der Waals surface area contributed by atoms with Gasteiger partial charge < -0.3 is 0 Å². The van der Waals surface area contributed by atoms with Gasteiger partial charge in [0.05, 0.1) is 6.54 Å². The molecule has 0 spiro atoms. The van der Waals surface area contributed by atoms with E-state index in [4.69, 9.17) is 0 Å². The molecule has 0 saturated carbocycles. The summed E-state index contributed by atoms with van der Waals surface area (Å²) in [5.74, 6) is 0. The maximum atomic E-state index is 4.28. The van der Waals surface area contributed by atoms with Crippen LogP contribution in [0.25, 0.3) is 0 Å². The van der Waals surface area contributed by atoms with Gasteiger partial charge in [-0.3, -0.25) is 9.98 Å². The summed E-state index contributed by atoms with van der Waals surface area (Å²) in [7, 11) is 0. The lowest BCUT2D eigenvalue weighted by molar-refractivity contribution is 0.911. The average molecular weight is 188 g/mol. The smallest absolute Gasteiger partial charge is 0.0572 e. The van der Waals surface area contributed by atoms with Crippen LogP contribution in [0.15, 0.2) is 46.1 Å². The number of hydrogen-bond acceptors (Lipinski definition) is 2. The Hall–Kier alpha value is -1.44. The molecule has 1 heterocycles. The normalized spacial score (nSPS) is 27.8. The van der Waals surface area contributed by atoms with E-state index in [1.54, 1.807) is 12.3 Å². The van der Waals surface area contributed by atoms with E-state index in [9.17, 15) is 0 Å². The summed E-state index contributed by atoms with van der Waals surface area (Å²) in [6.07, 6.45) is 11.4. The van der Waals surface area contributed by atoms with E-state index in [0.717, 1.165) is 25.1 Å². The molecule has 0 amide bonds. The van der Waals surface area contributed by atoms with Crippen molar-refractivity contribution in [1.82, 2.24) is 0 Å². The lowest BCUT2D eigenvalue weighted by Gasteiger charge is -2.00. The first-order valence-electron chi connectivity index (χ1n) is 4.82. The van der Waals surface area contributed by atoms with Crippen LogP contribution in [0.4, 0.5) is 0 Å². The van der Waals surface area contributed by atoms with Crippen LogP contribution in [0.1, 0.15) is 19.8 Å². The summed E-state index contributed by atoms with van der Waals surface area (Å²) in [5.41, 5.74) is 2.44. The van der Waals surface area contributed by atoms with Crippen LogP contribution in [-0.2, 0) is 0 Å². The molecule has 1 aliphatic heterocycles. The number of allylic oxidation sites excluding steroid dienone is 4. The number of hydrogen-bond donors (Lipinski definition) is 0. The van der Waals surface area contributed by atoms with E-state index >= 15 is 0 Å². The molecule has 0 aromatic rings. The van der Waals surface area contributed by atoms with Crippen LogP contribution in [-0.4, -0.2) is 19.0 Å². The van der Waals surface area contributed by atoms with Crippen LogP contribution >= 0.6 is 0 Å². The Morgan fingerprint density at radius 1 is 1.50 bits per heavy atom. The number of nitrogens with zero attached hydrogens (tertiary/aromatic N) is 2. The fraction of sp³-hybridized carbons (Fsp3) is 0.333. The maximum Gasteiger partial charge on any atom is 0.0572 e. The summed E-state index contributed by atoms with van der Waals surface area (Å²) in [5, 5.41) is 0. The molecule has 0 unspecified atom stereocenters. The Balaban J connectivity index is 2.70. The molecule has 0 aliphatic carbocycles. The van der Waals surface area contributed by atoms with Crippen LogP contribution in [0.2, 0.25) is 0 Å². The van der Waals surface area contributed by atoms with E-state index in [1.165, 1.54) is 5.57 Å². The molecular weight excluding hydrogens is 172 g/mol. The summed E-state index contributed by atoms with van der Waals surface area (Å²) >= 11 is 0. The molecule has 0 fully saturated rings. The Labute approximate surface area is 85.5 Å². The summed E-state index contributed by atoms with van der Waals surface area (Å²) in [6.45, 7) is 6.51. The van der Waals surface area contributed by atoms with Crippen molar-refractivity contribution in [3.05, 3.63) is 36.1 Å². The van der Waals surface area contributed by atoms with Crippen LogP contribution in [0, 0.1) is 0 Å². The van der Waals surface area contributed by atoms with Gasteiger partial charge in [0.1, 0.15) is 0 Å². The molecule has 2 nitrogen and oxygen atoms in total. The predicted octanol–water partition coefficient (Wildman–Crippen LogP) is 2.94. The van der Waals surface area contributed by atoms with Gasteiger partial charge in [-0.25, -0.2) is 0 Å². The molecule has 0 radical (unpaired) electrons. The second-order valence-electron chi connectivity index (χ2n) is 3.24. The van der Waals surface area contributed by atoms with E-state index in [2.05, 4.69) is 29.6 Å². The highest BCUT2D eigenvalue weighted by atomic mass is 14.7. The fourth-order valence-corrected chi connectivity index (χ4v) is 1.17. The fourth-order valence-electron chi connectivity index (χ4n) is 1.17. The third kappa shape index (κ3) is 3.99. The van der Waals surface area contributed by atoms with Gasteiger partial charge in [-0.2, -0.15) is 0 Å². The van der Waals surface area contributed by atoms with Gasteiger partial charge in [0.2, 0.25) is 0 Å². The molecular formula is C12H16N2. The summed E-state index contributed by atoms with van der Waals surface area (Å²) in [4.78, 5) is 8.50. The molecule has 0 saturated heterocycles. The van der Waals surface area contributed by atoms with Gasteiger partial charge in [-0.15, -0.1) is 0 Å². The van der Waals surface area contributed by atoms with Gasteiger partial charge in [0, 0.05) is 18.1 Å². The zero-order valence-electron chi connectivity index (χ0n) is 8.61. The van der Waals surface area contributed by atoms with Crippen LogP contribution in [0.3, 0.4) is 0 Å². The number of aliphatic imine (C=N–C) groups is 2. The molecule has 1 rings (SSSR count). The second-order valence-corrected chi connectivity index (χ2v) is 3.24. The minimum absolute atomic E-state index is 0.779. The molecule has 0 atom stereocenters. The first kappa shape index (κ1) is 10.6. The first-order chi connectivity index (χ1) is 6.83. The lowest BCUT2D eigenvalue weighted by atomic mass is 10.1. The average Bonchev–Trinajstić information content (AvgIpc) is 2.28. The lowest BCUT2D eigenvalue weighted by Crippen LogP contribution is -1.83. The van der Waals surface area contributed by atoms with Gasteiger partial charge in [0.25, 0.3) is 0 Å². The van der Waals surface area contributed by atoms with Crippen molar-refractivity contribution >= 4 is 12.4 Å². The molecule has 0 N–H and O–H groups in total. The third-order valence-corrected chi connectivity index (χ3v) is 2.04. The zero-order chi connectivity index (χ0) is 10.2. The standard InChI is InChI=1S/C12H16N2/c1-3-8-14-12-5-4-11(2)6-9-13-10-7-12/h3,6-8,10H,1,4-5,9H2,2H3/b11-6-,12-7+,13-10-,14-8-. The largest absolute Gasteiger partial charge is 0.289 e. The Bertz CT molecular complexity index is 306. The maximum absolute atomic E-state index is 4.28. The van der Waals surface area contributed by atoms with Gasteiger partial charge >= 0.3 is 0 Å². The van der Waals surface area contributed by atoms with Gasteiger partial charge in [0.15, 0.2) is 0 Å². The van der Waals surface area contributed by atoms with Gasteiger partial charge in [-0.05, 0) is 25.8 Å². The number of rotatable bonds is 2. The quantitative estimate of drug-likeness (QED) is 0.470. The highest BCUT2D eigenvalue weighted by Gasteiger charge is 1.96. The monoisotopic (exact) mass is 188 g/mol. The molecule has 0 aromatic heterocycles. The van der Waals surface area contributed by atoms with E-state index in [-0.39, 0.29) is 0 Å². The highest BCUT2D eigenvalue weighted by molar-refractivity contribution is 5.75. The van der Waals surface area contributed by atoms with Crippen molar-refractivity contribution in [3.63, 3.8) is 0 Å².